The van der Waals surface area contributed by atoms with E-state index in [1.54, 1.807) is 7.11 Å². The van der Waals surface area contributed by atoms with Crippen LogP contribution in [0.25, 0.3) is 0 Å². The molecule has 1 fully saturated rings. The van der Waals surface area contributed by atoms with Gasteiger partial charge in [-0.3, -0.25) is 4.79 Å². The zero-order valence-corrected chi connectivity index (χ0v) is 19.1. The van der Waals surface area contributed by atoms with Crippen LogP contribution in [-0.4, -0.2) is 39.2 Å². The summed E-state index contributed by atoms with van der Waals surface area (Å²) < 4.78 is 5.28. The van der Waals surface area contributed by atoms with Gasteiger partial charge in [0.05, 0.1) is 33.3 Å². The molecule has 0 radical (unpaired) electrons. The lowest BCUT2D eigenvalue weighted by atomic mass is 10.0. The number of ether oxygens (including phenoxy) is 1. The summed E-state index contributed by atoms with van der Waals surface area (Å²) in [6.45, 7) is 7.68. The maximum Gasteiger partial charge on any atom is 0.287 e. The Morgan fingerprint density at radius 1 is 0.969 bits per heavy atom. The fraction of sp³-hybridized carbons (Fsp3) is 0.296. The summed E-state index contributed by atoms with van der Waals surface area (Å²) >= 11 is 0. The van der Waals surface area contributed by atoms with Crippen molar-refractivity contribution in [2.75, 3.05) is 43.5 Å². The second-order valence-corrected chi connectivity index (χ2v) is 8.49. The molecule has 4 rings (SSSR count). The van der Waals surface area contributed by atoms with Crippen LogP contribution in [0.2, 0.25) is 0 Å². The lowest BCUT2D eigenvalue weighted by Crippen LogP contribution is -3.16. The van der Waals surface area contributed by atoms with Crippen molar-refractivity contribution in [2.24, 2.45) is 0 Å². The second-order valence-electron chi connectivity index (χ2n) is 8.49. The van der Waals surface area contributed by atoms with E-state index < -0.39 is 0 Å². The number of carbonyl (C=O) groups excluding carboxylic acids is 1. The Kier molecular flexibility index (Phi) is 6.76. The third-order valence-electron chi connectivity index (χ3n) is 6.30. The van der Waals surface area contributed by atoms with E-state index in [1.165, 1.54) is 10.6 Å². The summed E-state index contributed by atoms with van der Waals surface area (Å²) in [6.07, 6.45) is 0. The van der Waals surface area contributed by atoms with Gasteiger partial charge >= 0.3 is 0 Å². The summed E-state index contributed by atoms with van der Waals surface area (Å²) in [4.78, 5) is 17.2. The molecule has 1 saturated heterocycles. The van der Waals surface area contributed by atoms with Crippen LogP contribution >= 0.6 is 0 Å². The third kappa shape index (κ3) is 4.94. The average Bonchev–Trinajstić information content (AvgIpc) is 2.83. The number of hydrogen-bond acceptors (Lipinski definition) is 3. The number of piperazine rings is 1. The number of quaternary nitrogens is 1. The minimum absolute atomic E-state index is 0.0535. The molecular weight excluding hydrogens is 398 g/mol. The first kappa shape index (κ1) is 21.9. The molecule has 32 heavy (non-hydrogen) atoms. The normalized spacial score (nSPS) is 15.3. The van der Waals surface area contributed by atoms with Crippen LogP contribution in [0, 0.1) is 13.8 Å². The highest BCUT2D eigenvalue weighted by atomic mass is 16.5. The zero-order chi connectivity index (χ0) is 22.5. The summed E-state index contributed by atoms with van der Waals surface area (Å²) in [5, 5.41) is 3.22. The number of nitrogens with zero attached hydrogens (tertiary/aromatic N) is 1. The number of benzene rings is 3. The van der Waals surface area contributed by atoms with Crippen molar-refractivity contribution in [1.82, 2.24) is 0 Å². The van der Waals surface area contributed by atoms with Gasteiger partial charge in [-0.1, -0.05) is 42.5 Å². The number of rotatable bonds is 6. The smallest absolute Gasteiger partial charge is 0.287 e. The minimum Gasteiger partial charge on any atom is -0.497 e. The maximum atomic E-state index is 13.5. The van der Waals surface area contributed by atoms with Gasteiger partial charge in [-0.05, 0) is 55.3 Å². The molecular formula is C27H32N3O2+. The van der Waals surface area contributed by atoms with Gasteiger partial charge in [0.25, 0.3) is 5.91 Å². The Bertz CT molecular complexity index is 1040. The van der Waals surface area contributed by atoms with Crippen molar-refractivity contribution in [3.05, 3.63) is 89.5 Å². The van der Waals surface area contributed by atoms with Gasteiger partial charge < -0.3 is 19.9 Å². The van der Waals surface area contributed by atoms with Crippen molar-refractivity contribution in [3.63, 3.8) is 0 Å². The van der Waals surface area contributed by atoms with Gasteiger partial charge in [0.1, 0.15) is 5.75 Å². The van der Waals surface area contributed by atoms with Crippen LogP contribution in [0.15, 0.2) is 72.8 Å². The van der Waals surface area contributed by atoms with Gasteiger partial charge in [0.2, 0.25) is 0 Å². The first-order valence-electron chi connectivity index (χ1n) is 11.2. The Balaban J connectivity index is 1.51. The SMILES string of the molecule is COc1ccc(N2CC[NH+]([C@H](C(=O)Nc3cc(C)ccc3C)c3ccccc3)CC2)cc1. The van der Waals surface area contributed by atoms with Gasteiger partial charge in [0, 0.05) is 16.9 Å². The maximum absolute atomic E-state index is 13.5. The van der Waals surface area contributed by atoms with Crippen molar-refractivity contribution in [1.29, 1.82) is 0 Å². The molecule has 1 atom stereocenters. The highest BCUT2D eigenvalue weighted by molar-refractivity contribution is 5.95. The quantitative estimate of drug-likeness (QED) is 0.630. The molecule has 5 heteroatoms. The van der Waals surface area contributed by atoms with Crippen molar-refractivity contribution in [2.45, 2.75) is 19.9 Å². The molecule has 1 aliphatic heterocycles. The van der Waals surface area contributed by atoms with E-state index in [4.69, 9.17) is 4.74 Å². The van der Waals surface area contributed by atoms with Crippen LogP contribution in [0.4, 0.5) is 11.4 Å². The van der Waals surface area contributed by atoms with Gasteiger partial charge in [0.15, 0.2) is 6.04 Å². The first-order valence-corrected chi connectivity index (χ1v) is 11.2. The molecule has 2 N–H and O–H groups in total. The van der Waals surface area contributed by atoms with E-state index in [9.17, 15) is 4.79 Å². The lowest BCUT2D eigenvalue weighted by Gasteiger charge is -2.37. The Hall–Kier alpha value is -3.31. The molecule has 0 bridgehead atoms. The van der Waals surface area contributed by atoms with E-state index in [2.05, 4.69) is 46.6 Å². The van der Waals surface area contributed by atoms with Crippen LogP contribution in [0.3, 0.4) is 0 Å². The molecule has 1 heterocycles. The van der Waals surface area contributed by atoms with Gasteiger partial charge in [-0.15, -0.1) is 0 Å². The Labute approximate surface area is 190 Å². The number of nitrogens with one attached hydrogen (secondary N) is 2. The molecule has 0 saturated carbocycles. The van der Waals surface area contributed by atoms with Crippen LogP contribution in [0.5, 0.6) is 5.75 Å². The topological polar surface area (TPSA) is 46.0 Å². The highest BCUT2D eigenvalue weighted by Gasteiger charge is 2.34. The largest absolute Gasteiger partial charge is 0.497 e. The fourth-order valence-electron chi connectivity index (χ4n) is 4.43. The highest BCUT2D eigenvalue weighted by Crippen LogP contribution is 2.21. The predicted octanol–water partition coefficient (Wildman–Crippen LogP) is 3.40. The molecule has 166 valence electrons. The number of anilines is 2. The number of hydrogen-bond donors (Lipinski definition) is 2. The number of carbonyl (C=O) groups is 1. The molecule has 1 amide bonds. The van der Waals surface area contributed by atoms with Crippen molar-refractivity contribution < 1.29 is 14.4 Å². The van der Waals surface area contributed by atoms with Crippen LogP contribution < -0.4 is 19.9 Å². The molecule has 1 aliphatic rings. The first-order chi connectivity index (χ1) is 15.5. The fourth-order valence-corrected chi connectivity index (χ4v) is 4.43. The van der Waals surface area contributed by atoms with E-state index in [0.717, 1.165) is 54.3 Å². The summed E-state index contributed by atoms with van der Waals surface area (Å²) in [6, 6.07) is 24.3. The van der Waals surface area contributed by atoms with E-state index in [1.807, 2.05) is 50.2 Å². The predicted molar refractivity (Wildman–Crippen MR) is 130 cm³/mol. The molecule has 3 aromatic carbocycles. The van der Waals surface area contributed by atoms with Crippen LogP contribution in [-0.2, 0) is 4.79 Å². The van der Waals surface area contributed by atoms with Gasteiger partial charge in [-0.2, -0.15) is 0 Å². The van der Waals surface area contributed by atoms with E-state index >= 15 is 0 Å². The third-order valence-corrected chi connectivity index (χ3v) is 6.30. The number of methoxy groups -OCH3 is 1. The summed E-state index contributed by atoms with van der Waals surface area (Å²) in [7, 11) is 1.68. The summed E-state index contributed by atoms with van der Waals surface area (Å²) in [5.41, 5.74) is 5.37. The Morgan fingerprint density at radius 3 is 2.31 bits per heavy atom. The number of aryl methyl sites for hydroxylation is 2. The molecule has 0 aromatic heterocycles. The average molecular weight is 431 g/mol. The molecule has 5 nitrogen and oxygen atoms in total. The van der Waals surface area contributed by atoms with E-state index in [-0.39, 0.29) is 11.9 Å². The zero-order valence-electron chi connectivity index (χ0n) is 19.1. The van der Waals surface area contributed by atoms with Gasteiger partial charge in [-0.25, -0.2) is 0 Å². The lowest BCUT2D eigenvalue weighted by molar-refractivity contribution is -0.922. The van der Waals surface area contributed by atoms with Crippen molar-refractivity contribution >= 4 is 17.3 Å². The van der Waals surface area contributed by atoms with Crippen molar-refractivity contribution in [3.8, 4) is 5.75 Å². The molecule has 0 unspecified atom stereocenters. The molecule has 0 aliphatic carbocycles. The standard InChI is InChI=1S/C27H31N3O2/c1-20-9-10-21(2)25(19-20)28-27(31)26(22-7-5-4-6-8-22)30-17-15-29(16-18-30)23-11-13-24(32-3)14-12-23/h4-14,19,26H,15-18H2,1-3H3,(H,28,31)/p+1/t26-/m0/s1. The van der Waals surface area contributed by atoms with E-state index in [0.29, 0.717) is 0 Å². The molecule has 3 aromatic rings. The number of amides is 1. The minimum atomic E-state index is -0.242. The monoisotopic (exact) mass is 430 g/mol. The second kappa shape index (κ2) is 9.88. The van der Waals surface area contributed by atoms with Crippen LogP contribution in [0.1, 0.15) is 22.7 Å². The molecule has 0 spiro atoms. The summed E-state index contributed by atoms with van der Waals surface area (Å²) in [5.74, 6) is 0.920. The Morgan fingerprint density at radius 2 is 1.66 bits per heavy atom.